The van der Waals surface area contributed by atoms with Crippen LogP contribution in [-0.2, 0) is 9.47 Å². The van der Waals surface area contributed by atoms with Crippen molar-refractivity contribution < 1.29 is 18.9 Å². The number of methoxy groups -OCH3 is 2. The maximum Gasteiger partial charge on any atom is 0.348 e. The zero-order valence-corrected chi connectivity index (χ0v) is 12.4. The maximum absolute atomic E-state index is 11.6. The summed E-state index contributed by atoms with van der Waals surface area (Å²) < 4.78 is 21.3. The second-order valence-corrected chi connectivity index (χ2v) is 4.37. The van der Waals surface area contributed by atoms with Crippen molar-refractivity contribution in [3.05, 3.63) is 28.7 Å². The molecule has 1 aromatic heterocycles. The maximum atomic E-state index is 11.6. The number of ether oxygens (including phenoxy) is 4. The molecule has 1 aromatic carbocycles. The lowest BCUT2D eigenvalue weighted by Gasteiger charge is -2.17. The normalized spacial score (nSPS) is 13.9. The molecule has 0 fully saturated rings. The Kier molecular flexibility index (Phi) is 4.77. The Morgan fingerprint density at radius 3 is 2.43 bits per heavy atom. The van der Waals surface area contributed by atoms with Gasteiger partial charge in [-0.05, 0) is 26.0 Å². The van der Waals surface area contributed by atoms with Gasteiger partial charge in [-0.2, -0.15) is 4.98 Å². The Labute approximate surface area is 121 Å². The standard InChI is InChI=1S/C14H18N2O5/c1-8(18-3)20-11-7-5-6-10-12(11)13(16-14(17)15-10)21-9(2)19-4/h5-9H,1-4H3,(H,15,16,17). The molecule has 21 heavy (non-hydrogen) atoms. The highest BCUT2D eigenvalue weighted by Crippen LogP contribution is 2.31. The van der Waals surface area contributed by atoms with Gasteiger partial charge in [0.25, 0.3) is 0 Å². The van der Waals surface area contributed by atoms with Crippen molar-refractivity contribution in [1.82, 2.24) is 9.97 Å². The van der Waals surface area contributed by atoms with E-state index in [1.54, 1.807) is 39.2 Å². The summed E-state index contributed by atoms with van der Waals surface area (Å²) in [5.74, 6) is 0.658. The van der Waals surface area contributed by atoms with Crippen LogP contribution in [0.1, 0.15) is 13.8 Å². The molecule has 0 saturated heterocycles. The zero-order chi connectivity index (χ0) is 15.4. The van der Waals surface area contributed by atoms with E-state index in [1.807, 2.05) is 0 Å². The highest BCUT2D eigenvalue weighted by atomic mass is 16.7. The van der Waals surface area contributed by atoms with Crippen LogP contribution in [0.5, 0.6) is 11.6 Å². The first-order chi connectivity index (χ1) is 10.0. The molecular weight excluding hydrogens is 276 g/mol. The van der Waals surface area contributed by atoms with Crippen LogP contribution >= 0.6 is 0 Å². The predicted octanol–water partition coefficient (Wildman–Crippen LogP) is 1.67. The molecule has 7 nitrogen and oxygen atoms in total. The van der Waals surface area contributed by atoms with Crippen LogP contribution in [0.2, 0.25) is 0 Å². The van der Waals surface area contributed by atoms with Gasteiger partial charge in [-0.25, -0.2) is 4.79 Å². The molecule has 0 saturated carbocycles. The average Bonchev–Trinajstić information content (AvgIpc) is 2.46. The van der Waals surface area contributed by atoms with Crippen LogP contribution in [0.3, 0.4) is 0 Å². The Morgan fingerprint density at radius 2 is 1.76 bits per heavy atom. The second-order valence-electron chi connectivity index (χ2n) is 4.37. The van der Waals surface area contributed by atoms with E-state index in [-0.39, 0.29) is 5.88 Å². The van der Waals surface area contributed by atoms with Crippen LogP contribution in [0, 0.1) is 0 Å². The van der Waals surface area contributed by atoms with Crippen molar-refractivity contribution in [1.29, 1.82) is 0 Å². The molecule has 0 spiro atoms. The molecule has 1 N–H and O–H groups in total. The molecule has 7 heteroatoms. The van der Waals surface area contributed by atoms with Gasteiger partial charge in [-0.3, -0.25) is 0 Å². The van der Waals surface area contributed by atoms with Gasteiger partial charge >= 0.3 is 5.69 Å². The number of nitrogens with zero attached hydrogens (tertiary/aromatic N) is 1. The lowest BCUT2D eigenvalue weighted by molar-refractivity contribution is -0.0422. The second kappa shape index (κ2) is 6.55. The molecule has 0 aliphatic carbocycles. The number of hydrogen-bond acceptors (Lipinski definition) is 6. The summed E-state index contributed by atoms with van der Waals surface area (Å²) in [6, 6.07) is 5.26. The first kappa shape index (κ1) is 15.3. The minimum absolute atomic E-state index is 0.155. The lowest BCUT2D eigenvalue weighted by Crippen LogP contribution is -2.20. The highest BCUT2D eigenvalue weighted by molar-refractivity contribution is 5.89. The molecule has 1 heterocycles. The Hall–Kier alpha value is -2.12. The molecule has 0 bridgehead atoms. The van der Waals surface area contributed by atoms with E-state index in [0.717, 1.165) is 0 Å². The molecule has 0 aliphatic rings. The summed E-state index contributed by atoms with van der Waals surface area (Å²) >= 11 is 0. The van der Waals surface area contributed by atoms with Gasteiger partial charge in [-0.15, -0.1) is 0 Å². The SMILES string of the molecule is COC(C)Oc1cccc2[nH]c(=O)nc(OC(C)OC)c12. The zero-order valence-electron chi connectivity index (χ0n) is 12.4. The van der Waals surface area contributed by atoms with Gasteiger partial charge < -0.3 is 23.9 Å². The number of nitrogens with one attached hydrogen (secondary N) is 1. The smallest absolute Gasteiger partial charge is 0.348 e. The van der Waals surface area contributed by atoms with Crippen LogP contribution < -0.4 is 15.2 Å². The van der Waals surface area contributed by atoms with E-state index < -0.39 is 18.3 Å². The summed E-state index contributed by atoms with van der Waals surface area (Å²) in [6.07, 6.45) is -0.995. The Morgan fingerprint density at radius 1 is 1.10 bits per heavy atom. The molecule has 0 amide bonds. The minimum atomic E-state index is -0.546. The fourth-order valence-electron chi connectivity index (χ4n) is 1.76. The van der Waals surface area contributed by atoms with Crippen molar-refractivity contribution >= 4 is 10.9 Å². The number of benzene rings is 1. The van der Waals surface area contributed by atoms with Crippen molar-refractivity contribution in [3.63, 3.8) is 0 Å². The van der Waals surface area contributed by atoms with Crippen molar-refractivity contribution in [2.75, 3.05) is 14.2 Å². The number of aromatic nitrogens is 2. The highest BCUT2D eigenvalue weighted by Gasteiger charge is 2.16. The fourth-order valence-corrected chi connectivity index (χ4v) is 1.76. The van der Waals surface area contributed by atoms with Gasteiger partial charge in [0.15, 0.2) is 12.6 Å². The number of rotatable bonds is 6. The van der Waals surface area contributed by atoms with Gasteiger partial charge in [0.2, 0.25) is 5.88 Å². The first-order valence-corrected chi connectivity index (χ1v) is 6.47. The Balaban J connectivity index is 2.56. The van der Waals surface area contributed by atoms with Crippen LogP contribution in [-0.4, -0.2) is 36.8 Å². The number of aromatic amines is 1. The van der Waals surface area contributed by atoms with Crippen molar-refractivity contribution in [2.45, 2.75) is 26.4 Å². The number of fused-ring (bicyclic) bond motifs is 1. The third kappa shape index (κ3) is 3.50. The van der Waals surface area contributed by atoms with Crippen LogP contribution in [0.25, 0.3) is 10.9 Å². The fraction of sp³-hybridized carbons (Fsp3) is 0.429. The predicted molar refractivity (Wildman–Crippen MR) is 76.6 cm³/mol. The lowest BCUT2D eigenvalue weighted by atomic mass is 10.2. The Bertz CT molecular complexity index is 670. The van der Waals surface area contributed by atoms with Gasteiger partial charge in [0.05, 0.1) is 5.52 Å². The molecular formula is C14H18N2O5. The van der Waals surface area contributed by atoms with E-state index in [0.29, 0.717) is 16.7 Å². The molecule has 0 aliphatic heterocycles. The third-order valence-electron chi connectivity index (χ3n) is 2.92. The summed E-state index contributed by atoms with van der Waals surface area (Å²) in [6.45, 7) is 3.46. The van der Waals surface area contributed by atoms with Gasteiger partial charge in [-0.1, -0.05) is 6.07 Å². The number of hydrogen-bond donors (Lipinski definition) is 1. The summed E-state index contributed by atoms with van der Waals surface area (Å²) in [7, 11) is 3.05. The molecule has 2 atom stereocenters. The van der Waals surface area contributed by atoms with Gasteiger partial charge in [0, 0.05) is 14.2 Å². The minimum Gasteiger partial charge on any atom is -0.464 e. The van der Waals surface area contributed by atoms with Gasteiger partial charge in [0.1, 0.15) is 11.1 Å². The largest absolute Gasteiger partial charge is 0.464 e. The van der Waals surface area contributed by atoms with E-state index in [2.05, 4.69) is 9.97 Å². The molecule has 2 aromatic rings. The molecule has 114 valence electrons. The third-order valence-corrected chi connectivity index (χ3v) is 2.92. The average molecular weight is 294 g/mol. The molecule has 2 unspecified atom stereocenters. The summed E-state index contributed by atoms with van der Waals surface area (Å²) in [4.78, 5) is 18.1. The quantitative estimate of drug-likeness (QED) is 0.816. The summed E-state index contributed by atoms with van der Waals surface area (Å²) in [5.41, 5.74) is 0.0619. The summed E-state index contributed by atoms with van der Waals surface area (Å²) in [5, 5.41) is 0.560. The van der Waals surface area contributed by atoms with E-state index in [4.69, 9.17) is 18.9 Å². The van der Waals surface area contributed by atoms with E-state index in [1.165, 1.54) is 7.11 Å². The van der Waals surface area contributed by atoms with E-state index >= 15 is 0 Å². The van der Waals surface area contributed by atoms with Crippen molar-refractivity contribution in [3.8, 4) is 11.6 Å². The van der Waals surface area contributed by atoms with E-state index in [9.17, 15) is 4.79 Å². The van der Waals surface area contributed by atoms with Crippen LogP contribution in [0.15, 0.2) is 23.0 Å². The first-order valence-electron chi connectivity index (χ1n) is 6.47. The van der Waals surface area contributed by atoms with Crippen molar-refractivity contribution in [2.24, 2.45) is 0 Å². The molecule has 2 rings (SSSR count). The monoisotopic (exact) mass is 294 g/mol. The molecule has 0 radical (unpaired) electrons. The topological polar surface area (TPSA) is 82.7 Å². The number of H-pyrrole nitrogens is 1. The van der Waals surface area contributed by atoms with Crippen LogP contribution in [0.4, 0.5) is 0 Å².